The van der Waals surface area contributed by atoms with Crippen molar-refractivity contribution in [3.8, 4) is 0 Å². The van der Waals surface area contributed by atoms with Crippen LogP contribution in [-0.4, -0.2) is 9.97 Å². The lowest BCUT2D eigenvalue weighted by atomic mass is 9.92. The first kappa shape index (κ1) is 15.8. The average molecular weight is 366 g/mol. The van der Waals surface area contributed by atoms with Gasteiger partial charge >= 0.3 is 0 Å². The molecule has 6 rings (SSSR count). The third kappa shape index (κ3) is 2.35. The van der Waals surface area contributed by atoms with Gasteiger partial charge in [0.1, 0.15) is 0 Å². The molecule has 28 heavy (non-hydrogen) atoms. The highest BCUT2D eigenvalue weighted by atomic mass is 15.4. The number of hydrazine groups is 1. The van der Waals surface area contributed by atoms with E-state index in [1.54, 1.807) is 0 Å². The van der Waals surface area contributed by atoms with Crippen LogP contribution in [0.3, 0.4) is 0 Å². The summed E-state index contributed by atoms with van der Waals surface area (Å²) in [5.74, 6) is 0. The van der Waals surface area contributed by atoms with Crippen LogP contribution in [0.1, 0.15) is 30.1 Å². The second-order valence-corrected chi connectivity index (χ2v) is 7.68. The van der Waals surface area contributed by atoms with E-state index >= 15 is 0 Å². The summed E-state index contributed by atoms with van der Waals surface area (Å²) in [6.45, 7) is 0. The fourth-order valence-electron chi connectivity index (χ4n) is 4.70. The number of hydrogen-bond donors (Lipinski definition) is 4. The molecule has 0 radical (unpaired) electrons. The van der Waals surface area contributed by atoms with Crippen molar-refractivity contribution < 1.29 is 0 Å². The van der Waals surface area contributed by atoms with Gasteiger partial charge in [-0.15, -0.1) is 0 Å². The molecule has 1 atom stereocenters. The minimum absolute atomic E-state index is 0.274. The van der Waals surface area contributed by atoms with E-state index in [4.69, 9.17) is 0 Å². The predicted molar refractivity (Wildman–Crippen MR) is 117 cm³/mol. The van der Waals surface area contributed by atoms with Crippen molar-refractivity contribution in [2.75, 3.05) is 5.43 Å². The monoisotopic (exact) mass is 366 g/mol. The molecular weight excluding hydrogens is 344 g/mol. The van der Waals surface area contributed by atoms with E-state index in [1.807, 2.05) is 0 Å². The maximum Gasteiger partial charge on any atom is 0.0730 e. The highest BCUT2D eigenvalue weighted by Crippen LogP contribution is 2.35. The zero-order valence-corrected chi connectivity index (χ0v) is 15.5. The van der Waals surface area contributed by atoms with E-state index in [-0.39, 0.29) is 6.04 Å². The summed E-state index contributed by atoms with van der Waals surface area (Å²) < 4.78 is 0. The molecule has 1 unspecified atom stereocenters. The van der Waals surface area contributed by atoms with Crippen molar-refractivity contribution in [3.63, 3.8) is 0 Å². The summed E-state index contributed by atoms with van der Waals surface area (Å²) >= 11 is 0. The zero-order chi connectivity index (χ0) is 18.5. The Bertz CT molecular complexity index is 1310. The lowest BCUT2D eigenvalue weighted by molar-refractivity contribution is 0.486. The number of H-pyrrole nitrogens is 2. The fraction of sp³-hybridized carbons (Fsp3) is 0.167. The third-order valence-electron chi connectivity index (χ3n) is 6.04. The van der Waals surface area contributed by atoms with Crippen LogP contribution in [0, 0.1) is 0 Å². The minimum Gasteiger partial charge on any atom is -0.357 e. The van der Waals surface area contributed by atoms with Crippen LogP contribution in [-0.2, 0) is 6.42 Å². The van der Waals surface area contributed by atoms with E-state index < -0.39 is 0 Å². The standard InChI is InChI=1S/C24H22N4/c1-3-11-19-15(7-1)17-9-5-13-21(23(17)25-19)27-28-22-14-6-10-18-16-8-2-4-12-20(16)26-24(18)22/h1-5,7-9,11-13,22,25-28H,6,10,14H2. The van der Waals surface area contributed by atoms with Gasteiger partial charge in [0.15, 0.2) is 0 Å². The van der Waals surface area contributed by atoms with Gasteiger partial charge in [-0.3, -0.25) is 0 Å². The summed E-state index contributed by atoms with van der Waals surface area (Å²) in [7, 11) is 0. The number of aryl methyl sites for hydroxylation is 1. The molecule has 0 amide bonds. The molecule has 2 heterocycles. The van der Waals surface area contributed by atoms with E-state index in [9.17, 15) is 0 Å². The van der Waals surface area contributed by atoms with Crippen molar-refractivity contribution in [2.24, 2.45) is 0 Å². The van der Waals surface area contributed by atoms with Crippen LogP contribution < -0.4 is 10.9 Å². The Hall–Kier alpha value is -3.24. The van der Waals surface area contributed by atoms with E-state index in [0.717, 1.165) is 24.0 Å². The molecule has 1 aliphatic rings. The summed E-state index contributed by atoms with van der Waals surface area (Å²) in [4.78, 5) is 7.22. The first-order chi connectivity index (χ1) is 13.9. The number of aromatic nitrogens is 2. The first-order valence-corrected chi connectivity index (χ1v) is 9.99. The van der Waals surface area contributed by atoms with Gasteiger partial charge in [0, 0.05) is 32.9 Å². The number of anilines is 1. The maximum atomic E-state index is 3.65. The van der Waals surface area contributed by atoms with Gasteiger partial charge in [-0.2, -0.15) is 0 Å². The number of aromatic amines is 2. The van der Waals surface area contributed by atoms with E-state index in [1.165, 1.54) is 44.9 Å². The van der Waals surface area contributed by atoms with Crippen LogP contribution in [0.25, 0.3) is 32.7 Å². The average Bonchev–Trinajstić information content (AvgIpc) is 3.31. The van der Waals surface area contributed by atoms with Gasteiger partial charge in [0.25, 0.3) is 0 Å². The zero-order valence-electron chi connectivity index (χ0n) is 15.5. The lowest BCUT2D eigenvalue weighted by Gasteiger charge is -2.24. The molecule has 4 heteroatoms. The Morgan fingerprint density at radius 3 is 2.39 bits per heavy atom. The highest BCUT2D eigenvalue weighted by molar-refractivity contribution is 6.11. The van der Waals surface area contributed by atoms with Crippen molar-refractivity contribution in [3.05, 3.63) is 78.0 Å². The highest BCUT2D eigenvalue weighted by Gasteiger charge is 2.24. The minimum atomic E-state index is 0.274. The molecule has 5 aromatic rings. The normalized spacial score (nSPS) is 16.6. The summed E-state index contributed by atoms with van der Waals surface area (Å²) in [5.41, 5.74) is 14.5. The summed E-state index contributed by atoms with van der Waals surface area (Å²) in [6.07, 6.45) is 3.47. The van der Waals surface area contributed by atoms with Crippen molar-refractivity contribution in [2.45, 2.75) is 25.3 Å². The van der Waals surface area contributed by atoms with Crippen LogP contribution in [0.15, 0.2) is 66.7 Å². The summed E-state index contributed by atoms with van der Waals surface area (Å²) in [5, 5.41) is 3.87. The molecule has 4 nitrogen and oxygen atoms in total. The van der Waals surface area contributed by atoms with Crippen LogP contribution in [0.5, 0.6) is 0 Å². The Morgan fingerprint density at radius 1 is 0.750 bits per heavy atom. The number of hydrogen-bond acceptors (Lipinski definition) is 2. The predicted octanol–water partition coefficient (Wildman–Crippen LogP) is 5.80. The van der Waals surface area contributed by atoms with Gasteiger partial charge in [0.2, 0.25) is 0 Å². The topological polar surface area (TPSA) is 55.6 Å². The Kier molecular flexibility index (Phi) is 3.46. The van der Waals surface area contributed by atoms with Crippen LogP contribution >= 0.6 is 0 Å². The molecule has 3 aromatic carbocycles. The van der Waals surface area contributed by atoms with Crippen molar-refractivity contribution in [1.82, 2.24) is 15.4 Å². The van der Waals surface area contributed by atoms with Gasteiger partial charge in [-0.05, 0) is 43.0 Å². The molecular formula is C24H22N4. The molecule has 0 bridgehead atoms. The fourth-order valence-corrected chi connectivity index (χ4v) is 4.70. The first-order valence-electron chi connectivity index (χ1n) is 9.99. The quantitative estimate of drug-likeness (QED) is 0.305. The Morgan fingerprint density at radius 2 is 1.50 bits per heavy atom. The molecule has 4 N–H and O–H groups in total. The van der Waals surface area contributed by atoms with Crippen molar-refractivity contribution >= 4 is 38.4 Å². The molecule has 0 saturated carbocycles. The number of nitrogens with one attached hydrogen (secondary N) is 4. The summed E-state index contributed by atoms with van der Waals surface area (Å²) in [6, 6.07) is 23.8. The lowest BCUT2D eigenvalue weighted by Crippen LogP contribution is -2.30. The Balaban J connectivity index is 1.35. The van der Waals surface area contributed by atoms with Crippen LogP contribution in [0.4, 0.5) is 5.69 Å². The molecule has 138 valence electrons. The number of rotatable bonds is 3. The SMILES string of the molecule is c1ccc2c3c([nH]c2c1)C(NNc1cccc2c1[nH]c1ccccc12)CCC3. The third-order valence-corrected chi connectivity index (χ3v) is 6.04. The smallest absolute Gasteiger partial charge is 0.0730 e. The maximum absolute atomic E-state index is 3.65. The van der Waals surface area contributed by atoms with E-state index in [0.29, 0.717) is 0 Å². The molecule has 0 spiro atoms. The molecule has 0 aliphatic heterocycles. The number of fused-ring (bicyclic) bond motifs is 6. The molecule has 0 fully saturated rings. The number of para-hydroxylation sites is 3. The van der Waals surface area contributed by atoms with Crippen LogP contribution in [0.2, 0.25) is 0 Å². The van der Waals surface area contributed by atoms with Gasteiger partial charge in [0.05, 0.1) is 17.2 Å². The van der Waals surface area contributed by atoms with Gasteiger partial charge < -0.3 is 15.4 Å². The van der Waals surface area contributed by atoms with Gasteiger partial charge in [-0.25, -0.2) is 5.43 Å². The van der Waals surface area contributed by atoms with Crippen molar-refractivity contribution in [1.29, 1.82) is 0 Å². The second kappa shape index (κ2) is 6.14. The Labute approximate surface area is 162 Å². The molecule has 1 aliphatic carbocycles. The second-order valence-electron chi connectivity index (χ2n) is 7.68. The molecule has 0 saturated heterocycles. The number of benzene rings is 3. The molecule has 2 aromatic heterocycles. The largest absolute Gasteiger partial charge is 0.357 e. The van der Waals surface area contributed by atoms with E-state index in [2.05, 4.69) is 87.5 Å². The van der Waals surface area contributed by atoms with Gasteiger partial charge in [-0.1, -0.05) is 48.5 Å².